The summed E-state index contributed by atoms with van der Waals surface area (Å²) in [6.07, 6.45) is 98.8. The SMILES string of the molecule is CC/C=C\C/C=C\C/C=C\C/C=C\C/C=C\C/C=C\CCCCCCCCCCCCC(=O)OCC(COC(=O)CCCCCCCCC/C=C\C/C=C\CCCCC)OC(=O)CCCCCCCC/C=C\C/C=C\C/C=C\CCCCC. The molecule has 0 fully saturated rings. The van der Waals surface area contributed by atoms with E-state index >= 15 is 0 Å². The van der Waals surface area contributed by atoms with Gasteiger partial charge in [-0.25, -0.2) is 0 Å². The van der Waals surface area contributed by atoms with Crippen molar-refractivity contribution in [1.82, 2.24) is 0 Å². The highest BCUT2D eigenvalue weighted by Crippen LogP contribution is 2.16. The molecule has 0 N–H and O–H groups in total. The molecule has 0 heterocycles. The summed E-state index contributed by atoms with van der Waals surface area (Å²) < 4.78 is 17.0. The third-order valence-electron chi connectivity index (χ3n) is 14.6. The molecule has 472 valence electrons. The van der Waals surface area contributed by atoms with Crippen LogP contribution in [0.2, 0.25) is 0 Å². The van der Waals surface area contributed by atoms with Gasteiger partial charge in [0.15, 0.2) is 6.10 Å². The van der Waals surface area contributed by atoms with E-state index in [1.54, 1.807) is 0 Å². The second-order valence-electron chi connectivity index (χ2n) is 22.7. The predicted molar refractivity (Wildman–Crippen MR) is 362 cm³/mol. The van der Waals surface area contributed by atoms with Gasteiger partial charge in [0.25, 0.3) is 0 Å². The van der Waals surface area contributed by atoms with Crippen LogP contribution in [0.15, 0.2) is 134 Å². The fourth-order valence-electron chi connectivity index (χ4n) is 9.43. The molecule has 0 rings (SSSR count). The van der Waals surface area contributed by atoms with Crippen LogP contribution in [0.3, 0.4) is 0 Å². The van der Waals surface area contributed by atoms with E-state index < -0.39 is 6.10 Å². The second kappa shape index (κ2) is 70.0. The monoisotopic (exact) mass is 1150 g/mol. The first kappa shape index (κ1) is 78.5. The van der Waals surface area contributed by atoms with Crippen LogP contribution in [0.25, 0.3) is 0 Å². The van der Waals surface area contributed by atoms with E-state index in [9.17, 15) is 14.4 Å². The van der Waals surface area contributed by atoms with Crippen LogP contribution in [0, 0.1) is 0 Å². The quantitative estimate of drug-likeness (QED) is 0.0261. The van der Waals surface area contributed by atoms with E-state index in [0.29, 0.717) is 19.3 Å². The molecule has 0 aliphatic heterocycles. The molecule has 1 atom stereocenters. The van der Waals surface area contributed by atoms with E-state index in [1.165, 1.54) is 141 Å². The lowest BCUT2D eigenvalue weighted by atomic mass is 10.1. The van der Waals surface area contributed by atoms with E-state index in [2.05, 4.69) is 154 Å². The maximum absolute atomic E-state index is 12.9. The van der Waals surface area contributed by atoms with Gasteiger partial charge in [0, 0.05) is 19.3 Å². The number of unbranched alkanes of at least 4 members (excludes halogenated alkanes) is 29. The number of carbonyl (C=O) groups is 3. The van der Waals surface area contributed by atoms with Crippen LogP contribution in [-0.2, 0) is 28.6 Å². The smallest absolute Gasteiger partial charge is 0.306 e. The Labute approximate surface area is 513 Å². The third kappa shape index (κ3) is 68.2. The first-order valence-electron chi connectivity index (χ1n) is 34.7. The average Bonchev–Trinajstić information content (AvgIpc) is 3.49. The Morgan fingerprint density at radius 1 is 0.253 bits per heavy atom. The van der Waals surface area contributed by atoms with Crippen molar-refractivity contribution in [3.8, 4) is 0 Å². The standard InChI is InChI=1S/C77H128O6/c1-4-7-10-13-16-19-22-25-28-31-33-34-35-36-37-38-39-40-41-42-44-46-49-52-55-58-61-64-67-70-76(79)82-73-74(72-81-75(78)69-66-63-60-57-54-51-48-45-30-27-24-21-18-15-12-9-6-3)83-77(80)71-68-65-62-59-56-53-50-47-43-32-29-26-23-20-17-14-11-8-5-2/h7,10,16-21,25-30,33-34,36-37,39-40,43,47,74H,4-6,8-9,11-15,22-24,31-32,35,38,41-42,44-46,48-73H2,1-3H3/b10-7-,19-16-,20-17-,21-18-,28-25-,29-26-,30-27-,34-33-,37-36-,40-39-,47-43-. The largest absolute Gasteiger partial charge is 0.462 e. The number of carbonyl (C=O) groups excluding carboxylic acids is 3. The first-order valence-corrected chi connectivity index (χ1v) is 34.7. The molecule has 83 heavy (non-hydrogen) atoms. The molecule has 0 aromatic heterocycles. The van der Waals surface area contributed by atoms with Gasteiger partial charge in [-0.2, -0.15) is 0 Å². The van der Waals surface area contributed by atoms with Crippen molar-refractivity contribution >= 4 is 17.9 Å². The zero-order valence-corrected chi connectivity index (χ0v) is 54.2. The molecular weight excluding hydrogens is 1020 g/mol. The van der Waals surface area contributed by atoms with E-state index in [-0.39, 0.29) is 31.1 Å². The summed E-state index contributed by atoms with van der Waals surface area (Å²) in [4.78, 5) is 38.5. The molecule has 0 saturated carbocycles. The van der Waals surface area contributed by atoms with E-state index in [4.69, 9.17) is 14.2 Å². The van der Waals surface area contributed by atoms with Gasteiger partial charge >= 0.3 is 17.9 Å². The fourth-order valence-corrected chi connectivity index (χ4v) is 9.43. The van der Waals surface area contributed by atoms with E-state index in [1.807, 2.05) is 0 Å². The summed E-state index contributed by atoms with van der Waals surface area (Å²) in [7, 11) is 0. The third-order valence-corrected chi connectivity index (χ3v) is 14.6. The van der Waals surface area contributed by atoms with Crippen molar-refractivity contribution in [3.05, 3.63) is 134 Å². The van der Waals surface area contributed by atoms with Gasteiger partial charge in [-0.05, 0) is 141 Å². The van der Waals surface area contributed by atoms with Crippen LogP contribution in [0.5, 0.6) is 0 Å². The number of hydrogen-bond donors (Lipinski definition) is 0. The van der Waals surface area contributed by atoms with Crippen molar-refractivity contribution < 1.29 is 28.6 Å². The van der Waals surface area contributed by atoms with Gasteiger partial charge in [-0.15, -0.1) is 0 Å². The molecule has 1 unspecified atom stereocenters. The van der Waals surface area contributed by atoms with Crippen molar-refractivity contribution in [2.75, 3.05) is 13.2 Å². The molecule has 0 amide bonds. The number of esters is 3. The molecule has 0 aliphatic rings. The van der Waals surface area contributed by atoms with Crippen molar-refractivity contribution in [2.45, 2.75) is 322 Å². The zero-order valence-electron chi connectivity index (χ0n) is 54.2. The molecule has 0 spiro atoms. The highest BCUT2D eigenvalue weighted by atomic mass is 16.6. The van der Waals surface area contributed by atoms with Crippen molar-refractivity contribution in [2.24, 2.45) is 0 Å². The highest BCUT2D eigenvalue weighted by molar-refractivity contribution is 5.71. The molecule has 6 nitrogen and oxygen atoms in total. The number of ether oxygens (including phenoxy) is 3. The van der Waals surface area contributed by atoms with Gasteiger partial charge in [0.2, 0.25) is 0 Å². The lowest BCUT2D eigenvalue weighted by Crippen LogP contribution is -2.30. The topological polar surface area (TPSA) is 78.9 Å². The maximum Gasteiger partial charge on any atom is 0.306 e. The molecule has 0 aromatic carbocycles. The van der Waals surface area contributed by atoms with Crippen LogP contribution in [0.4, 0.5) is 0 Å². The molecule has 0 aromatic rings. The first-order chi connectivity index (χ1) is 41.0. The Balaban J connectivity index is 4.38. The van der Waals surface area contributed by atoms with Gasteiger partial charge in [0.1, 0.15) is 13.2 Å². The summed E-state index contributed by atoms with van der Waals surface area (Å²) in [6, 6.07) is 0. The molecule has 0 saturated heterocycles. The van der Waals surface area contributed by atoms with Gasteiger partial charge < -0.3 is 14.2 Å². The van der Waals surface area contributed by atoms with Gasteiger partial charge in [-0.1, -0.05) is 289 Å². The Kier molecular flexibility index (Phi) is 66.3. The van der Waals surface area contributed by atoms with Crippen LogP contribution in [0.1, 0.15) is 316 Å². The zero-order chi connectivity index (χ0) is 59.9. The summed E-state index contributed by atoms with van der Waals surface area (Å²) in [5.74, 6) is -0.908. The Bertz CT molecular complexity index is 1750. The molecule has 0 bridgehead atoms. The molecular formula is C77H128O6. The molecule has 6 heteroatoms. The van der Waals surface area contributed by atoms with Gasteiger partial charge in [-0.3, -0.25) is 14.4 Å². The van der Waals surface area contributed by atoms with Gasteiger partial charge in [0.05, 0.1) is 0 Å². The minimum absolute atomic E-state index is 0.0908. The Hall–Kier alpha value is -4.45. The highest BCUT2D eigenvalue weighted by Gasteiger charge is 2.19. The van der Waals surface area contributed by atoms with E-state index in [0.717, 1.165) is 135 Å². The van der Waals surface area contributed by atoms with Crippen molar-refractivity contribution in [1.29, 1.82) is 0 Å². The predicted octanol–water partition coefficient (Wildman–Crippen LogP) is 24.1. The molecule has 0 radical (unpaired) electrons. The Morgan fingerprint density at radius 3 is 0.735 bits per heavy atom. The molecule has 0 aliphatic carbocycles. The van der Waals surface area contributed by atoms with Crippen LogP contribution in [-0.4, -0.2) is 37.2 Å². The number of rotatable bonds is 62. The van der Waals surface area contributed by atoms with Crippen LogP contribution < -0.4 is 0 Å². The fraction of sp³-hybridized carbons (Fsp3) is 0.675. The van der Waals surface area contributed by atoms with Crippen molar-refractivity contribution in [3.63, 3.8) is 0 Å². The second-order valence-corrected chi connectivity index (χ2v) is 22.7. The summed E-state index contributed by atoms with van der Waals surface area (Å²) in [6.45, 7) is 6.47. The summed E-state index contributed by atoms with van der Waals surface area (Å²) >= 11 is 0. The minimum atomic E-state index is -0.797. The number of allylic oxidation sites excluding steroid dienone is 22. The minimum Gasteiger partial charge on any atom is -0.462 e. The average molecular weight is 1150 g/mol. The summed E-state index contributed by atoms with van der Waals surface area (Å²) in [5, 5.41) is 0. The Morgan fingerprint density at radius 2 is 0.470 bits per heavy atom. The summed E-state index contributed by atoms with van der Waals surface area (Å²) in [5.41, 5.74) is 0. The maximum atomic E-state index is 12.9. The lowest BCUT2D eigenvalue weighted by Gasteiger charge is -2.18. The normalized spacial score (nSPS) is 13.0. The number of hydrogen-bond acceptors (Lipinski definition) is 6. The lowest BCUT2D eigenvalue weighted by molar-refractivity contribution is -0.167. The van der Waals surface area contributed by atoms with Crippen LogP contribution >= 0.6 is 0 Å².